The fourth-order valence-corrected chi connectivity index (χ4v) is 4.55. The lowest BCUT2D eigenvalue weighted by Gasteiger charge is -2.28. The van der Waals surface area contributed by atoms with Crippen molar-refractivity contribution in [3.8, 4) is 0 Å². The van der Waals surface area contributed by atoms with Crippen LogP contribution in [-0.4, -0.2) is 42.8 Å². The first-order valence-electron chi connectivity index (χ1n) is 5.78. The Morgan fingerprint density at radius 1 is 1.38 bits per heavy atom. The maximum atomic E-state index is 12.2. The van der Waals surface area contributed by atoms with Crippen LogP contribution >= 0.6 is 0 Å². The third-order valence-electron chi connectivity index (χ3n) is 2.99. The van der Waals surface area contributed by atoms with E-state index in [0.29, 0.717) is 6.54 Å². The lowest BCUT2D eigenvalue weighted by atomic mass is 10.0. The summed E-state index contributed by atoms with van der Waals surface area (Å²) in [5.74, 6) is 0.392. The van der Waals surface area contributed by atoms with Crippen LogP contribution in [0.3, 0.4) is 0 Å². The zero-order valence-electron chi connectivity index (χ0n) is 10.6. The molecule has 0 amide bonds. The SMILES string of the molecule is CC1CCN(S(=O)(=O)CC(C)(C)C)C1CO. The number of nitrogens with zero attached hydrogens (tertiary/aromatic N) is 1. The van der Waals surface area contributed by atoms with Crippen molar-refractivity contribution in [1.82, 2.24) is 4.31 Å². The minimum absolute atomic E-state index is 0.0788. The van der Waals surface area contributed by atoms with Gasteiger partial charge < -0.3 is 5.11 Å². The molecule has 1 N–H and O–H groups in total. The van der Waals surface area contributed by atoms with Crippen LogP contribution in [0, 0.1) is 11.3 Å². The van der Waals surface area contributed by atoms with Gasteiger partial charge in [-0.3, -0.25) is 0 Å². The molecular formula is C11H23NO3S. The molecule has 1 saturated heterocycles. The van der Waals surface area contributed by atoms with Gasteiger partial charge >= 0.3 is 0 Å². The summed E-state index contributed by atoms with van der Waals surface area (Å²) in [5.41, 5.74) is -0.245. The third-order valence-corrected chi connectivity index (χ3v) is 5.39. The highest BCUT2D eigenvalue weighted by molar-refractivity contribution is 7.89. The second-order valence-corrected chi connectivity index (χ2v) is 7.87. The van der Waals surface area contributed by atoms with Crippen molar-refractivity contribution in [2.75, 3.05) is 18.9 Å². The van der Waals surface area contributed by atoms with Crippen LogP contribution in [0.4, 0.5) is 0 Å². The van der Waals surface area contributed by atoms with Crippen LogP contribution in [0.15, 0.2) is 0 Å². The van der Waals surface area contributed by atoms with E-state index < -0.39 is 10.0 Å². The molecule has 2 atom stereocenters. The maximum Gasteiger partial charge on any atom is 0.214 e. The Labute approximate surface area is 98.7 Å². The van der Waals surface area contributed by atoms with Gasteiger partial charge in [-0.15, -0.1) is 0 Å². The topological polar surface area (TPSA) is 57.6 Å². The van der Waals surface area contributed by atoms with Gasteiger partial charge in [-0.05, 0) is 17.8 Å². The molecule has 0 aromatic carbocycles. The van der Waals surface area contributed by atoms with Gasteiger partial charge in [0.25, 0.3) is 0 Å². The lowest BCUT2D eigenvalue weighted by molar-refractivity contribution is 0.190. The Kier molecular flexibility index (Phi) is 4.03. The van der Waals surface area contributed by atoms with E-state index in [1.54, 1.807) is 0 Å². The average molecular weight is 249 g/mol. The van der Waals surface area contributed by atoms with Gasteiger partial charge in [-0.25, -0.2) is 8.42 Å². The van der Waals surface area contributed by atoms with E-state index in [9.17, 15) is 13.5 Å². The van der Waals surface area contributed by atoms with Crippen molar-refractivity contribution in [1.29, 1.82) is 0 Å². The first-order valence-corrected chi connectivity index (χ1v) is 7.39. The molecule has 0 spiro atoms. The van der Waals surface area contributed by atoms with Gasteiger partial charge in [-0.1, -0.05) is 27.7 Å². The van der Waals surface area contributed by atoms with Crippen molar-refractivity contribution in [3.63, 3.8) is 0 Å². The molecule has 0 bridgehead atoms. The zero-order chi connectivity index (χ0) is 12.6. The highest BCUT2D eigenvalue weighted by Gasteiger charge is 2.39. The highest BCUT2D eigenvalue weighted by Crippen LogP contribution is 2.29. The van der Waals surface area contributed by atoms with Gasteiger partial charge in [0.2, 0.25) is 10.0 Å². The number of aliphatic hydroxyl groups is 1. The summed E-state index contributed by atoms with van der Waals surface area (Å²) in [7, 11) is -3.24. The molecule has 0 saturated carbocycles. The summed E-state index contributed by atoms with van der Waals surface area (Å²) < 4.78 is 25.8. The second kappa shape index (κ2) is 4.63. The summed E-state index contributed by atoms with van der Waals surface area (Å²) in [5, 5.41) is 9.26. The first-order chi connectivity index (χ1) is 7.17. The van der Waals surface area contributed by atoms with Crippen molar-refractivity contribution >= 4 is 10.0 Å². The van der Waals surface area contributed by atoms with Crippen LogP contribution in [-0.2, 0) is 10.0 Å². The summed E-state index contributed by atoms with van der Waals surface area (Å²) in [6, 6.07) is -0.229. The van der Waals surface area contributed by atoms with Crippen LogP contribution in [0.1, 0.15) is 34.1 Å². The smallest absolute Gasteiger partial charge is 0.214 e. The molecule has 0 aromatic heterocycles. The molecule has 96 valence electrons. The molecule has 1 fully saturated rings. The molecule has 1 rings (SSSR count). The van der Waals surface area contributed by atoms with E-state index >= 15 is 0 Å². The minimum Gasteiger partial charge on any atom is -0.395 e. The molecule has 2 unspecified atom stereocenters. The third kappa shape index (κ3) is 3.18. The number of rotatable bonds is 3. The van der Waals surface area contributed by atoms with E-state index in [4.69, 9.17) is 0 Å². The minimum atomic E-state index is -3.24. The molecule has 1 aliphatic rings. The Balaban J connectivity index is 2.84. The Morgan fingerprint density at radius 3 is 2.38 bits per heavy atom. The standard InChI is InChI=1S/C11H23NO3S/c1-9-5-6-12(10(9)7-13)16(14,15)8-11(2,3)4/h9-10,13H,5-8H2,1-4H3. The molecule has 16 heavy (non-hydrogen) atoms. The van der Waals surface area contributed by atoms with Gasteiger partial charge in [0, 0.05) is 6.54 Å². The average Bonchev–Trinajstić information content (AvgIpc) is 2.42. The van der Waals surface area contributed by atoms with E-state index in [-0.39, 0.29) is 29.7 Å². The number of hydrogen-bond acceptors (Lipinski definition) is 3. The monoisotopic (exact) mass is 249 g/mol. The summed E-state index contributed by atoms with van der Waals surface area (Å²) in [6.07, 6.45) is 0.842. The van der Waals surface area contributed by atoms with E-state index in [2.05, 4.69) is 0 Å². The summed E-state index contributed by atoms with van der Waals surface area (Å²) >= 11 is 0. The quantitative estimate of drug-likeness (QED) is 0.814. The van der Waals surface area contributed by atoms with Crippen LogP contribution in [0.5, 0.6) is 0 Å². The molecule has 0 radical (unpaired) electrons. The predicted molar refractivity (Wildman–Crippen MR) is 64.6 cm³/mol. The predicted octanol–water partition coefficient (Wildman–Crippen LogP) is 1.06. The number of hydrogen-bond donors (Lipinski definition) is 1. The molecule has 4 nitrogen and oxygen atoms in total. The summed E-state index contributed by atoms with van der Waals surface area (Å²) in [4.78, 5) is 0. The largest absolute Gasteiger partial charge is 0.395 e. The molecule has 1 heterocycles. The highest BCUT2D eigenvalue weighted by atomic mass is 32.2. The van der Waals surface area contributed by atoms with E-state index in [0.717, 1.165) is 6.42 Å². The summed E-state index contributed by atoms with van der Waals surface area (Å²) in [6.45, 7) is 8.21. The normalized spacial score (nSPS) is 28.6. The molecule has 1 aliphatic heterocycles. The van der Waals surface area contributed by atoms with Gasteiger partial charge in [0.1, 0.15) is 0 Å². The van der Waals surface area contributed by atoms with Gasteiger partial charge in [0.05, 0.1) is 18.4 Å². The lowest BCUT2D eigenvalue weighted by Crippen LogP contribution is -2.43. The molecule has 5 heteroatoms. The Morgan fingerprint density at radius 2 is 1.94 bits per heavy atom. The number of aliphatic hydroxyl groups excluding tert-OH is 1. The fraction of sp³-hybridized carbons (Fsp3) is 1.00. The van der Waals surface area contributed by atoms with E-state index in [1.807, 2.05) is 27.7 Å². The van der Waals surface area contributed by atoms with Crippen LogP contribution in [0.2, 0.25) is 0 Å². The van der Waals surface area contributed by atoms with E-state index in [1.165, 1.54) is 4.31 Å². The molecule has 0 aromatic rings. The van der Waals surface area contributed by atoms with Gasteiger partial charge in [-0.2, -0.15) is 4.31 Å². The van der Waals surface area contributed by atoms with Crippen LogP contribution < -0.4 is 0 Å². The molecule has 0 aliphatic carbocycles. The maximum absolute atomic E-state index is 12.2. The number of sulfonamides is 1. The van der Waals surface area contributed by atoms with Crippen molar-refractivity contribution in [2.24, 2.45) is 11.3 Å². The Bertz CT molecular complexity index is 332. The second-order valence-electron chi connectivity index (χ2n) is 5.94. The van der Waals surface area contributed by atoms with Crippen molar-refractivity contribution < 1.29 is 13.5 Å². The zero-order valence-corrected chi connectivity index (χ0v) is 11.4. The van der Waals surface area contributed by atoms with Gasteiger partial charge in [0.15, 0.2) is 0 Å². The Hall–Kier alpha value is -0.130. The fourth-order valence-electron chi connectivity index (χ4n) is 2.22. The van der Waals surface area contributed by atoms with Crippen molar-refractivity contribution in [2.45, 2.75) is 40.2 Å². The van der Waals surface area contributed by atoms with Crippen LogP contribution in [0.25, 0.3) is 0 Å². The molecular weight excluding hydrogens is 226 g/mol. The first kappa shape index (κ1) is 13.9. The van der Waals surface area contributed by atoms with Crippen molar-refractivity contribution in [3.05, 3.63) is 0 Å².